The Morgan fingerprint density at radius 2 is 1.70 bits per heavy atom. The number of aliphatic carboxylic acids is 1. The Hall–Kier alpha value is -3.35. The lowest BCUT2D eigenvalue weighted by molar-refractivity contribution is -0.142. The van der Waals surface area contributed by atoms with Crippen molar-refractivity contribution in [1.29, 1.82) is 0 Å². The van der Waals surface area contributed by atoms with Gasteiger partial charge in [-0.05, 0) is 47.9 Å². The van der Waals surface area contributed by atoms with Crippen LogP contribution in [0.1, 0.15) is 56.1 Å². The first-order valence-corrected chi connectivity index (χ1v) is 11.6. The Kier molecular flexibility index (Phi) is 6.96. The zero-order valence-corrected chi connectivity index (χ0v) is 18.8. The molecule has 7 heteroatoms. The number of ether oxygens (including phenoxy) is 1. The zero-order chi connectivity index (χ0) is 23.4. The number of nitrogens with one attached hydrogen (secondary N) is 1. The molecule has 1 aliphatic heterocycles. The SMILES string of the molecule is CC[C@H](NC(=O)OCC1c2ccccc2-c2ccccc21)C(=O)N1CCCC[C@H]1CC(=O)O. The van der Waals surface area contributed by atoms with Gasteiger partial charge in [0.15, 0.2) is 0 Å². The lowest BCUT2D eigenvalue weighted by Crippen LogP contribution is -2.53. The fourth-order valence-electron chi connectivity index (χ4n) is 5.03. The zero-order valence-electron chi connectivity index (χ0n) is 18.8. The number of alkyl carbamates (subject to hydrolysis) is 1. The first-order chi connectivity index (χ1) is 16.0. The molecule has 2 amide bonds. The van der Waals surface area contributed by atoms with Gasteiger partial charge in [-0.1, -0.05) is 55.5 Å². The molecule has 0 bridgehead atoms. The second-order valence-electron chi connectivity index (χ2n) is 8.71. The molecule has 0 aromatic heterocycles. The minimum Gasteiger partial charge on any atom is -0.481 e. The third kappa shape index (κ3) is 4.87. The summed E-state index contributed by atoms with van der Waals surface area (Å²) in [4.78, 5) is 38.6. The van der Waals surface area contributed by atoms with Crippen LogP contribution >= 0.6 is 0 Å². The number of hydrogen-bond donors (Lipinski definition) is 2. The molecule has 0 spiro atoms. The molecule has 1 heterocycles. The van der Waals surface area contributed by atoms with Gasteiger partial charge in [-0.25, -0.2) is 4.79 Å². The standard InChI is InChI=1S/C26H30N2O5/c1-2-23(25(31)28-14-8-7-9-17(28)15-24(29)30)27-26(32)33-16-22-20-12-5-3-10-18(20)19-11-4-6-13-21(19)22/h3-6,10-13,17,22-23H,2,7-9,14-16H2,1H3,(H,27,32)(H,29,30)/t17-,23-/m0/s1. The highest BCUT2D eigenvalue weighted by atomic mass is 16.5. The van der Waals surface area contributed by atoms with Crippen LogP contribution in [0.15, 0.2) is 48.5 Å². The second kappa shape index (κ2) is 10.1. The molecule has 0 saturated carbocycles. The number of hydrogen-bond acceptors (Lipinski definition) is 4. The lowest BCUT2D eigenvalue weighted by Gasteiger charge is -2.37. The molecule has 7 nitrogen and oxygen atoms in total. The number of carboxylic acid groups (broad SMARTS) is 1. The largest absolute Gasteiger partial charge is 0.481 e. The van der Waals surface area contributed by atoms with E-state index in [4.69, 9.17) is 4.74 Å². The Balaban J connectivity index is 1.40. The van der Waals surface area contributed by atoms with E-state index < -0.39 is 18.1 Å². The molecular weight excluding hydrogens is 420 g/mol. The van der Waals surface area contributed by atoms with Gasteiger partial charge in [-0.2, -0.15) is 0 Å². The average molecular weight is 451 g/mol. The molecule has 0 radical (unpaired) electrons. The number of carbonyl (C=O) groups excluding carboxylic acids is 2. The summed E-state index contributed by atoms with van der Waals surface area (Å²) in [7, 11) is 0. The summed E-state index contributed by atoms with van der Waals surface area (Å²) in [5.41, 5.74) is 4.55. The molecular formula is C26H30N2O5. The van der Waals surface area contributed by atoms with E-state index in [1.54, 1.807) is 4.90 Å². The van der Waals surface area contributed by atoms with E-state index in [1.807, 2.05) is 31.2 Å². The van der Waals surface area contributed by atoms with E-state index in [0.29, 0.717) is 19.4 Å². The Morgan fingerprint density at radius 3 is 2.30 bits per heavy atom. The molecule has 2 aromatic rings. The van der Waals surface area contributed by atoms with Crippen molar-refractivity contribution in [3.8, 4) is 11.1 Å². The quantitative estimate of drug-likeness (QED) is 0.660. The smallest absolute Gasteiger partial charge is 0.407 e. The molecule has 4 rings (SSSR count). The maximum Gasteiger partial charge on any atom is 0.407 e. The Labute approximate surface area is 193 Å². The second-order valence-corrected chi connectivity index (χ2v) is 8.71. The summed E-state index contributed by atoms with van der Waals surface area (Å²) in [5, 5.41) is 11.9. The van der Waals surface area contributed by atoms with Crippen molar-refractivity contribution in [3.63, 3.8) is 0 Å². The number of piperidine rings is 1. The summed E-state index contributed by atoms with van der Waals surface area (Å²) in [6.45, 7) is 2.51. The van der Waals surface area contributed by atoms with Gasteiger partial charge < -0.3 is 20.1 Å². The highest BCUT2D eigenvalue weighted by Gasteiger charge is 2.34. The van der Waals surface area contributed by atoms with Gasteiger partial charge in [-0.3, -0.25) is 9.59 Å². The maximum atomic E-state index is 13.1. The van der Waals surface area contributed by atoms with Crippen LogP contribution in [0.5, 0.6) is 0 Å². The molecule has 0 unspecified atom stereocenters. The van der Waals surface area contributed by atoms with E-state index in [0.717, 1.165) is 35.1 Å². The number of benzene rings is 2. The first-order valence-electron chi connectivity index (χ1n) is 11.6. The minimum absolute atomic E-state index is 0.0547. The topological polar surface area (TPSA) is 95.9 Å². The summed E-state index contributed by atoms with van der Waals surface area (Å²) >= 11 is 0. The van der Waals surface area contributed by atoms with Gasteiger partial charge in [0.05, 0.1) is 6.42 Å². The van der Waals surface area contributed by atoms with Crippen molar-refractivity contribution < 1.29 is 24.2 Å². The van der Waals surface area contributed by atoms with Crippen LogP contribution in [0.25, 0.3) is 11.1 Å². The van der Waals surface area contributed by atoms with Crippen molar-refractivity contribution in [3.05, 3.63) is 59.7 Å². The van der Waals surface area contributed by atoms with Crippen LogP contribution in [0, 0.1) is 0 Å². The summed E-state index contributed by atoms with van der Waals surface area (Å²) in [6.07, 6.45) is 2.09. The van der Waals surface area contributed by atoms with Gasteiger partial charge in [0, 0.05) is 18.5 Å². The van der Waals surface area contributed by atoms with E-state index in [9.17, 15) is 19.5 Å². The third-order valence-electron chi connectivity index (χ3n) is 6.66. The Morgan fingerprint density at radius 1 is 1.06 bits per heavy atom. The highest BCUT2D eigenvalue weighted by molar-refractivity contribution is 5.86. The van der Waals surface area contributed by atoms with Crippen molar-refractivity contribution in [1.82, 2.24) is 10.2 Å². The molecule has 2 aromatic carbocycles. The number of rotatable bonds is 7. The number of carboxylic acids is 1. The van der Waals surface area contributed by atoms with Gasteiger partial charge in [0.1, 0.15) is 12.6 Å². The summed E-state index contributed by atoms with van der Waals surface area (Å²) in [5.74, 6) is -1.21. The Bertz CT molecular complexity index is 991. The van der Waals surface area contributed by atoms with Crippen molar-refractivity contribution in [2.24, 2.45) is 0 Å². The molecule has 2 N–H and O–H groups in total. The fraction of sp³-hybridized carbons (Fsp3) is 0.423. The predicted molar refractivity (Wildman–Crippen MR) is 124 cm³/mol. The van der Waals surface area contributed by atoms with Gasteiger partial charge in [-0.15, -0.1) is 0 Å². The predicted octanol–water partition coefficient (Wildman–Crippen LogP) is 4.16. The van der Waals surface area contributed by atoms with Crippen LogP contribution < -0.4 is 5.32 Å². The molecule has 1 saturated heterocycles. The van der Waals surface area contributed by atoms with E-state index >= 15 is 0 Å². The van der Waals surface area contributed by atoms with Crippen LogP contribution in [0.4, 0.5) is 4.79 Å². The first kappa shape index (κ1) is 22.8. The van der Waals surface area contributed by atoms with E-state index in [1.165, 1.54) is 0 Å². The molecule has 2 aliphatic rings. The molecule has 1 fully saturated rings. The summed E-state index contributed by atoms with van der Waals surface area (Å²) < 4.78 is 5.59. The fourth-order valence-corrected chi connectivity index (χ4v) is 5.03. The molecule has 1 aliphatic carbocycles. The van der Waals surface area contributed by atoms with Crippen LogP contribution in [-0.4, -0.2) is 53.2 Å². The minimum atomic E-state index is -0.919. The number of nitrogens with zero attached hydrogens (tertiary/aromatic N) is 1. The van der Waals surface area contributed by atoms with E-state index in [2.05, 4.69) is 29.6 Å². The number of fused-ring (bicyclic) bond motifs is 3. The molecule has 2 atom stereocenters. The molecule has 33 heavy (non-hydrogen) atoms. The summed E-state index contributed by atoms with van der Waals surface area (Å²) in [6, 6.07) is 15.2. The normalized spacial score (nSPS) is 18.2. The van der Waals surface area contributed by atoms with Gasteiger partial charge >= 0.3 is 12.1 Å². The number of carbonyl (C=O) groups is 3. The van der Waals surface area contributed by atoms with Crippen molar-refractivity contribution >= 4 is 18.0 Å². The number of likely N-dealkylation sites (tertiary alicyclic amines) is 1. The average Bonchev–Trinajstić information content (AvgIpc) is 3.14. The van der Waals surface area contributed by atoms with E-state index in [-0.39, 0.29) is 30.9 Å². The lowest BCUT2D eigenvalue weighted by atomic mass is 9.98. The third-order valence-corrected chi connectivity index (χ3v) is 6.66. The molecule has 174 valence electrons. The van der Waals surface area contributed by atoms with Crippen molar-refractivity contribution in [2.75, 3.05) is 13.2 Å². The maximum absolute atomic E-state index is 13.1. The monoisotopic (exact) mass is 450 g/mol. The van der Waals surface area contributed by atoms with Crippen LogP contribution in [0.3, 0.4) is 0 Å². The van der Waals surface area contributed by atoms with Crippen LogP contribution in [0.2, 0.25) is 0 Å². The van der Waals surface area contributed by atoms with Crippen LogP contribution in [-0.2, 0) is 14.3 Å². The number of amides is 2. The van der Waals surface area contributed by atoms with Gasteiger partial charge in [0.2, 0.25) is 5.91 Å². The van der Waals surface area contributed by atoms with Crippen molar-refractivity contribution in [2.45, 2.75) is 57.0 Å². The van der Waals surface area contributed by atoms with Gasteiger partial charge in [0.25, 0.3) is 0 Å². The highest BCUT2D eigenvalue weighted by Crippen LogP contribution is 2.44.